The summed E-state index contributed by atoms with van der Waals surface area (Å²) in [6.07, 6.45) is 3.57. The Morgan fingerprint density at radius 3 is 2.62 bits per heavy atom. The molecule has 0 spiro atoms. The third kappa shape index (κ3) is 3.38. The largest absolute Gasteiger partial charge is 0.338 e. The molecule has 1 aliphatic carbocycles. The molecule has 0 radical (unpaired) electrons. The van der Waals surface area contributed by atoms with E-state index in [-0.39, 0.29) is 6.03 Å². The van der Waals surface area contributed by atoms with Crippen LogP contribution in [-0.4, -0.2) is 43.2 Å². The topological polar surface area (TPSA) is 44.4 Å². The average molecular weight is 287 g/mol. The van der Waals surface area contributed by atoms with Gasteiger partial charge in [0.25, 0.3) is 0 Å². The van der Waals surface area contributed by atoms with E-state index in [1.807, 2.05) is 6.92 Å². The summed E-state index contributed by atoms with van der Waals surface area (Å²) in [6, 6.07) is 9.44. The van der Waals surface area contributed by atoms with Gasteiger partial charge in [0.2, 0.25) is 0 Å². The van der Waals surface area contributed by atoms with Crippen LogP contribution < -0.4 is 10.6 Å². The molecule has 4 heteroatoms. The zero-order chi connectivity index (χ0) is 14.7. The first-order valence-corrected chi connectivity index (χ1v) is 8.08. The second-order valence-corrected chi connectivity index (χ2v) is 6.22. The lowest BCUT2D eigenvalue weighted by Gasteiger charge is -2.23. The van der Waals surface area contributed by atoms with E-state index >= 15 is 0 Å². The number of nitrogens with zero attached hydrogens (tertiary/aromatic N) is 1. The second-order valence-electron chi connectivity index (χ2n) is 6.22. The summed E-state index contributed by atoms with van der Waals surface area (Å²) in [6.45, 7) is 5.70. The number of hydrogen-bond donors (Lipinski definition) is 2. The van der Waals surface area contributed by atoms with E-state index in [1.165, 1.54) is 36.9 Å². The lowest BCUT2D eigenvalue weighted by atomic mass is 10.1. The Labute approximate surface area is 126 Å². The highest BCUT2D eigenvalue weighted by molar-refractivity contribution is 5.73. The number of likely N-dealkylation sites (tertiary alicyclic amines) is 1. The Morgan fingerprint density at radius 2 is 1.95 bits per heavy atom. The average Bonchev–Trinajstić information content (AvgIpc) is 3.11. The Morgan fingerprint density at radius 1 is 1.24 bits per heavy atom. The van der Waals surface area contributed by atoms with Gasteiger partial charge in [-0.05, 0) is 49.8 Å². The van der Waals surface area contributed by atoms with Crippen LogP contribution in [0.5, 0.6) is 0 Å². The fourth-order valence-corrected chi connectivity index (χ4v) is 3.61. The maximum absolute atomic E-state index is 11.5. The van der Waals surface area contributed by atoms with Crippen LogP contribution in [0.4, 0.5) is 4.79 Å². The minimum absolute atomic E-state index is 0.0378. The first kappa shape index (κ1) is 14.4. The quantitative estimate of drug-likeness (QED) is 0.887. The Bertz CT molecular complexity index is 478. The minimum atomic E-state index is -0.0378. The number of fused-ring (bicyclic) bond motifs is 1. The van der Waals surface area contributed by atoms with Crippen LogP contribution in [0.1, 0.15) is 24.5 Å². The van der Waals surface area contributed by atoms with E-state index in [0.717, 1.165) is 13.1 Å². The van der Waals surface area contributed by atoms with Gasteiger partial charge in [-0.2, -0.15) is 0 Å². The zero-order valence-electron chi connectivity index (χ0n) is 12.8. The monoisotopic (exact) mass is 287 g/mol. The van der Waals surface area contributed by atoms with E-state index in [1.54, 1.807) is 0 Å². The summed E-state index contributed by atoms with van der Waals surface area (Å²) >= 11 is 0. The molecule has 0 saturated carbocycles. The summed E-state index contributed by atoms with van der Waals surface area (Å²) in [4.78, 5) is 14.1. The first-order valence-electron chi connectivity index (χ1n) is 8.08. The fraction of sp³-hybridized carbons (Fsp3) is 0.588. The molecule has 1 fully saturated rings. The standard InChI is InChI=1S/C17H25N3O/c1-2-18-17(21)19-11-13-7-8-20(12-13)16-9-14-5-3-4-6-15(14)10-16/h3-6,13,16H,2,7-12H2,1H3,(H2,18,19,21)/t13-/m0/s1. The van der Waals surface area contributed by atoms with Gasteiger partial charge < -0.3 is 10.6 Å². The Balaban J connectivity index is 1.47. The van der Waals surface area contributed by atoms with E-state index in [4.69, 9.17) is 0 Å². The van der Waals surface area contributed by atoms with Gasteiger partial charge in [0.05, 0.1) is 0 Å². The lowest BCUT2D eigenvalue weighted by molar-refractivity contribution is 0.232. The smallest absolute Gasteiger partial charge is 0.314 e. The van der Waals surface area contributed by atoms with Crippen molar-refractivity contribution in [1.29, 1.82) is 0 Å². The molecule has 2 amide bonds. The van der Waals surface area contributed by atoms with Crippen LogP contribution >= 0.6 is 0 Å². The van der Waals surface area contributed by atoms with E-state index in [0.29, 0.717) is 18.5 Å². The van der Waals surface area contributed by atoms with Gasteiger partial charge >= 0.3 is 6.03 Å². The highest BCUT2D eigenvalue weighted by Gasteiger charge is 2.31. The predicted octanol–water partition coefficient (Wildman–Crippen LogP) is 1.79. The van der Waals surface area contributed by atoms with Gasteiger partial charge in [0, 0.05) is 25.7 Å². The van der Waals surface area contributed by atoms with Crippen molar-refractivity contribution in [3.8, 4) is 0 Å². The van der Waals surface area contributed by atoms with Crippen molar-refractivity contribution in [3.05, 3.63) is 35.4 Å². The summed E-state index contributed by atoms with van der Waals surface area (Å²) in [7, 11) is 0. The van der Waals surface area contributed by atoms with Crippen molar-refractivity contribution in [3.63, 3.8) is 0 Å². The van der Waals surface area contributed by atoms with E-state index in [2.05, 4.69) is 39.8 Å². The van der Waals surface area contributed by atoms with Crippen molar-refractivity contribution in [2.75, 3.05) is 26.2 Å². The van der Waals surface area contributed by atoms with Gasteiger partial charge in [-0.15, -0.1) is 0 Å². The molecule has 1 saturated heterocycles. The highest BCUT2D eigenvalue weighted by atomic mass is 16.2. The van der Waals surface area contributed by atoms with Crippen LogP contribution in [0, 0.1) is 5.92 Å². The lowest BCUT2D eigenvalue weighted by Crippen LogP contribution is -2.39. The molecule has 114 valence electrons. The maximum Gasteiger partial charge on any atom is 0.314 e. The van der Waals surface area contributed by atoms with Crippen molar-refractivity contribution >= 4 is 6.03 Å². The van der Waals surface area contributed by atoms with Crippen LogP contribution in [0.3, 0.4) is 0 Å². The third-order valence-electron chi connectivity index (χ3n) is 4.75. The minimum Gasteiger partial charge on any atom is -0.338 e. The number of nitrogens with one attached hydrogen (secondary N) is 2. The Kier molecular flexibility index (Phi) is 4.44. The number of carbonyl (C=O) groups excluding carboxylic acids is 1. The molecule has 0 aromatic heterocycles. The SMILES string of the molecule is CCNC(=O)NC[C@@H]1CCN(C2Cc3ccccc3C2)C1. The highest BCUT2D eigenvalue weighted by Crippen LogP contribution is 2.28. The second kappa shape index (κ2) is 6.48. The molecule has 2 aliphatic rings. The zero-order valence-corrected chi connectivity index (χ0v) is 12.8. The van der Waals surface area contributed by atoms with Crippen LogP contribution in [-0.2, 0) is 12.8 Å². The predicted molar refractivity (Wildman–Crippen MR) is 84.4 cm³/mol. The fourth-order valence-electron chi connectivity index (χ4n) is 3.61. The van der Waals surface area contributed by atoms with E-state index in [9.17, 15) is 4.79 Å². The maximum atomic E-state index is 11.5. The van der Waals surface area contributed by atoms with Crippen molar-refractivity contribution in [2.24, 2.45) is 5.92 Å². The molecule has 21 heavy (non-hydrogen) atoms. The van der Waals surface area contributed by atoms with E-state index < -0.39 is 0 Å². The van der Waals surface area contributed by atoms with Crippen molar-refractivity contribution < 1.29 is 4.79 Å². The molecular formula is C17H25N3O. The van der Waals surface area contributed by atoms with Crippen LogP contribution in [0.25, 0.3) is 0 Å². The molecule has 1 aromatic rings. The normalized spacial score (nSPS) is 22.2. The number of carbonyl (C=O) groups is 1. The number of hydrogen-bond acceptors (Lipinski definition) is 2. The molecule has 3 rings (SSSR count). The molecular weight excluding hydrogens is 262 g/mol. The summed E-state index contributed by atoms with van der Waals surface area (Å²) in [5, 5.41) is 5.76. The molecule has 1 atom stereocenters. The molecule has 1 aromatic carbocycles. The van der Waals surface area contributed by atoms with Crippen LogP contribution in [0.2, 0.25) is 0 Å². The summed E-state index contributed by atoms with van der Waals surface area (Å²) in [5.41, 5.74) is 3.04. The number of rotatable bonds is 4. The van der Waals surface area contributed by atoms with Crippen molar-refractivity contribution in [1.82, 2.24) is 15.5 Å². The van der Waals surface area contributed by atoms with Gasteiger partial charge in [0.1, 0.15) is 0 Å². The molecule has 1 aliphatic heterocycles. The molecule has 4 nitrogen and oxygen atoms in total. The molecule has 0 bridgehead atoms. The van der Waals surface area contributed by atoms with Crippen molar-refractivity contribution in [2.45, 2.75) is 32.2 Å². The Hall–Kier alpha value is -1.55. The number of urea groups is 1. The molecule has 2 N–H and O–H groups in total. The van der Waals surface area contributed by atoms with Gasteiger partial charge in [-0.1, -0.05) is 24.3 Å². The van der Waals surface area contributed by atoms with Gasteiger partial charge in [-0.25, -0.2) is 4.79 Å². The van der Waals surface area contributed by atoms with Gasteiger partial charge in [-0.3, -0.25) is 4.90 Å². The summed E-state index contributed by atoms with van der Waals surface area (Å²) < 4.78 is 0. The summed E-state index contributed by atoms with van der Waals surface area (Å²) in [5.74, 6) is 0.594. The third-order valence-corrected chi connectivity index (χ3v) is 4.75. The van der Waals surface area contributed by atoms with Crippen LogP contribution in [0.15, 0.2) is 24.3 Å². The molecule has 0 unspecified atom stereocenters. The molecule has 1 heterocycles. The first-order chi connectivity index (χ1) is 10.3. The number of amides is 2. The number of benzene rings is 1. The van der Waals surface area contributed by atoms with Gasteiger partial charge in [0.15, 0.2) is 0 Å².